The molecule has 6 heteroatoms. The highest BCUT2D eigenvalue weighted by atomic mass is 32.1. The van der Waals surface area contributed by atoms with Crippen molar-refractivity contribution in [3.05, 3.63) is 40.3 Å². The molecule has 0 unspecified atom stereocenters. The van der Waals surface area contributed by atoms with Gasteiger partial charge in [0.25, 0.3) is 0 Å². The van der Waals surface area contributed by atoms with E-state index in [-0.39, 0.29) is 6.42 Å². The van der Waals surface area contributed by atoms with Crippen molar-refractivity contribution in [1.29, 1.82) is 0 Å². The molecule has 1 N–H and O–H groups in total. The van der Waals surface area contributed by atoms with Crippen LogP contribution < -0.4 is 4.74 Å². The van der Waals surface area contributed by atoms with Crippen LogP contribution in [0, 0.1) is 0 Å². The Kier molecular flexibility index (Phi) is 4.25. The fraction of sp³-hybridized carbons (Fsp3) is 0.250. The Balaban J connectivity index is 1.85. The number of benzene rings is 1. The first kappa shape index (κ1) is 12.5. The molecule has 1 heterocycles. The van der Waals surface area contributed by atoms with E-state index < -0.39 is 5.97 Å². The Bertz CT molecular complexity index is 513. The molecule has 0 aliphatic heterocycles. The molecular formula is C12H12N2O3S. The topological polar surface area (TPSA) is 72.3 Å². The van der Waals surface area contributed by atoms with Gasteiger partial charge in [0, 0.05) is 6.42 Å². The van der Waals surface area contributed by atoms with E-state index >= 15 is 0 Å². The summed E-state index contributed by atoms with van der Waals surface area (Å²) in [5, 5.41) is 17.9. The maximum absolute atomic E-state index is 10.4. The van der Waals surface area contributed by atoms with E-state index in [4.69, 9.17) is 9.84 Å². The molecule has 1 aromatic heterocycles. The van der Waals surface area contributed by atoms with Crippen molar-refractivity contribution >= 4 is 17.3 Å². The minimum atomic E-state index is -0.827. The summed E-state index contributed by atoms with van der Waals surface area (Å²) in [4.78, 5) is 10.4. The van der Waals surface area contributed by atoms with E-state index in [9.17, 15) is 4.79 Å². The summed E-state index contributed by atoms with van der Waals surface area (Å²) >= 11 is 1.38. The molecule has 2 aromatic rings. The molecule has 0 fully saturated rings. The molecule has 0 radical (unpaired) electrons. The van der Waals surface area contributed by atoms with Crippen LogP contribution in [0.3, 0.4) is 0 Å². The van der Waals surface area contributed by atoms with Crippen LogP contribution >= 0.6 is 11.3 Å². The quantitative estimate of drug-likeness (QED) is 0.865. The van der Waals surface area contributed by atoms with Crippen LogP contribution in [0.1, 0.15) is 16.4 Å². The van der Waals surface area contributed by atoms with Gasteiger partial charge in [0.05, 0.1) is 6.42 Å². The molecule has 0 bridgehead atoms. The number of para-hydroxylation sites is 1. The zero-order valence-electron chi connectivity index (χ0n) is 9.57. The standard InChI is InChI=1S/C12H12N2O3S/c15-12(16)7-6-10-13-14-11(18-10)8-17-9-4-2-1-3-5-9/h1-5H,6-8H2,(H,15,16). The summed E-state index contributed by atoms with van der Waals surface area (Å²) in [6.07, 6.45) is 0.493. The third kappa shape index (κ3) is 3.81. The lowest BCUT2D eigenvalue weighted by molar-refractivity contribution is -0.136. The molecule has 0 saturated carbocycles. The largest absolute Gasteiger partial charge is 0.486 e. The van der Waals surface area contributed by atoms with E-state index in [1.807, 2.05) is 30.3 Å². The van der Waals surface area contributed by atoms with Crippen LogP contribution in [0.25, 0.3) is 0 Å². The second-order valence-electron chi connectivity index (χ2n) is 3.59. The molecular weight excluding hydrogens is 252 g/mol. The number of carboxylic acid groups (broad SMARTS) is 1. The maximum atomic E-state index is 10.4. The van der Waals surface area contributed by atoms with Crippen LogP contribution in [-0.4, -0.2) is 21.3 Å². The molecule has 0 atom stereocenters. The van der Waals surface area contributed by atoms with E-state index in [0.717, 1.165) is 15.8 Å². The Morgan fingerprint density at radius 1 is 1.22 bits per heavy atom. The number of aliphatic carboxylic acids is 1. The summed E-state index contributed by atoms with van der Waals surface area (Å²) in [6, 6.07) is 9.45. The zero-order chi connectivity index (χ0) is 12.8. The lowest BCUT2D eigenvalue weighted by Gasteiger charge is -2.01. The molecule has 94 valence electrons. The van der Waals surface area contributed by atoms with Gasteiger partial charge in [-0.25, -0.2) is 0 Å². The number of aromatic nitrogens is 2. The third-order valence-electron chi connectivity index (χ3n) is 2.17. The van der Waals surface area contributed by atoms with Gasteiger partial charge in [-0.1, -0.05) is 29.5 Å². The molecule has 2 rings (SSSR count). The minimum absolute atomic E-state index is 0.0776. The lowest BCUT2D eigenvalue weighted by Crippen LogP contribution is -1.96. The van der Waals surface area contributed by atoms with Crippen LogP contribution in [0.2, 0.25) is 0 Å². The molecule has 0 aliphatic rings. The number of carboxylic acids is 1. The van der Waals surface area contributed by atoms with Gasteiger partial charge in [-0.3, -0.25) is 4.79 Å². The number of nitrogens with zero attached hydrogens (tertiary/aromatic N) is 2. The predicted octanol–water partition coefficient (Wildman–Crippen LogP) is 2.13. The Morgan fingerprint density at radius 2 is 1.94 bits per heavy atom. The smallest absolute Gasteiger partial charge is 0.303 e. The molecule has 18 heavy (non-hydrogen) atoms. The Morgan fingerprint density at radius 3 is 2.67 bits per heavy atom. The minimum Gasteiger partial charge on any atom is -0.486 e. The third-order valence-corrected chi connectivity index (χ3v) is 3.12. The number of rotatable bonds is 6. The molecule has 1 aromatic carbocycles. The average Bonchev–Trinajstić information content (AvgIpc) is 2.83. The van der Waals surface area contributed by atoms with Gasteiger partial charge in [0.2, 0.25) is 0 Å². The fourth-order valence-electron chi connectivity index (χ4n) is 1.32. The molecule has 0 saturated heterocycles. The van der Waals surface area contributed by atoms with Gasteiger partial charge >= 0.3 is 5.97 Å². The highest BCUT2D eigenvalue weighted by Gasteiger charge is 2.07. The second-order valence-corrected chi connectivity index (χ2v) is 4.73. The van der Waals surface area contributed by atoms with Crippen molar-refractivity contribution in [3.63, 3.8) is 0 Å². The van der Waals surface area contributed by atoms with Crippen LogP contribution in [0.5, 0.6) is 5.75 Å². The highest BCUT2D eigenvalue weighted by Crippen LogP contribution is 2.15. The van der Waals surface area contributed by atoms with Crippen molar-refractivity contribution in [2.24, 2.45) is 0 Å². The van der Waals surface area contributed by atoms with Crippen LogP contribution in [0.15, 0.2) is 30.3 Å². The molecule has 0 aliphatic carbocycles. The number of hydrogen-bond acceptors (Lipinski definition) is 5. The summed E-state index contributed by atoms with van der Waals surface area (Å²) in [5.41, 5.74) is 0. The SMILES string of the molecule is O=C(O)CCc1nnc(COc2ccccc2)s1. The van der Waals surface area contributed by atoms with Gasteiger partial charge in [0.1, 0.15) is 17.4 Å². The van der Waals surface area contributed by atoms with Crippen LogP contribution in [-0.2, 0) is 17.8 Å². The van der Waals surface area contributed by atoms with Gasteiger partial charge in [0.15, 0.2) is 5.01 Å². The van der Waals surface area contributed by atoms with Gasteiger partial charge < -0.3 is 9.84 Å². The monoisotopic (exact) mass is 264 g/mol. The van der Waals surface area contributed by atoms with Gasteiger partial charge in [-0.2, -0.15) is 0 Å². The first-order valence-corrected chi connectivity index (χ1v) is 6.26. The van der Waals surface area contributed by atoms with Crippen molar-refractivity contribution in [1.82, 2.24) is 10.2 Å². The predicted molar refractivity (Wildman–Crippen MR) is 66.6 cm³/mol. The normalized spacial score (nSPS) is 10.2. The first-order valence-electron chi connectivity index (χ1n) is 5.45. The Labute approximate surface area is 108 Å². The maximum Gasteiger partial charge on any atom is 0.303 e. The summed E-state index contributed by atoms with van der Waals surface area (Å²) in [5.74, 6) is -0.0490. The van der Waals surface area contributed by atoms with E-state index in [0.29, 0.717) is 13.0 Å². The average molecular weight is 264 g/mol. The molecule has 5 nitrogen and oxygen atoms in total. The van der Waals surface area contributed by atoms with Gasteiger partial charge in [-0.15, -0.1) is 10.2 Å². The Hall–Kier alpha value is -1.95. The highest BCUT2D eigenvalue weighted by molar-refractivity contribution is 7.11. The summed E-state index contributed by atoms with van der Waals surface area (Å²) in [6.45, 7) is 0.356. The van der Waals surface area contributed by atoms with E-state index in [2.05, 4.69) is 10.2 Å². The van der Waals surface area contributed by atoms with Crippen LogP contribution in [0.4, 0.5) is 0 Å². The second kappa shape index (κ2) is 6.11. The van der Waals surface area contributed by atoms with Gasteiger partial charge in [-0.05, 0) is 12.1 Å². The van der Waals surface area contributed by atoms with Crippen molar-refractivity contribution in [2.45, 2.75) is 19.4 Å². The van der Waals surface area contributed by atoms with Crippen molar-refractivity contribution in [2.75, 3.05) is 0 Å². The first-order chi connectivity index (χ1) is 8.74. The number of carbonyl (C=O) groups is 1. The zero-order valence-corrected chi connectivity index (χ0v) is 10.4. The summed E-state index contributed by atoms with van der Waals surface area (Å²) in [7, 11) is 0. The number of ether oxygens (including phenoxy) is 1. The fourth-order valence-corrected chi connectivity index (χ4v) is 2.08. The summed E-state index contributed by atoms with van der Waals surface area (Å²) < 4.78 is 5.52. The van der Waals surface area contributed by atoms with E-state index in [1.54, 1.807) is 0 Å². The molecule has 0 amide bonds. The lowest BCUT2D eigenvalue weighted by atomic mass is 10.3. The van der Waals surface area contributed by atoms with Crippen molar-refractivity contribution < 1.29 is 14.6 Å². The van der Waals surface area contributed by atoms with Crippen molar-refractivity contribution in [3.8, 4) is 5.75 Å². The number of aryl methyl sites for hydroxylation is 1. The number of hydrogen-bond donors (Lipinski definition) is 1. The molecule has 0 spiro atoms. The van der Waals surface area contributed by atoms with E-state index in [1.165, 1.54) is 11.3 Å².